The molecule has 0 radical (unpaired) electrons. The Kier molecular flexibility index (Phi) is 13.1. The normalized spacial score (nSPS) is 6.50. The molecule has 0 unspecified atom stereocenters. The zero-order valence-corrected chi connectivity index (χ0v) is 9.97. The van der Waals surface area contributed by atoms with E-state index in [0.29, 0.717) is 0 Å². The molecule has 0 aliphatic heterocycles. The third-order valence-corrected chi connectivity index (χ3v) is 1.05. The van der Waals surface area contributed by atoms with Gasteiger partial charge in [-0.2, -0.15) is 11.3 Å². The van der Waals surface area contributed by atoms with E-state index in [4.69, 9.17) is 9.90 Å². The Hall–Kier alpha value is 0.806. The predicted octanol–water partition coefficient (Wildman–Crippen LogP) is -2.49. The zero-order valence-electron chi connectivity index (χ0n) is 6.03. The van der Waals surface area contributed by atoms with Gasteiger partial charge >= 0.3 is 51.4 Å². The molecule has 0 spiro atoms. The Labute approximate surface area is 107 Å². The second kappa shape index (κ2) is 9.81. The zero-order chi connectivity index (χ0) is 7.11. The molecule has 50 valence electrons. The number of hydrogen-bond acceptors (Lipinski definition) is 3. The summed E-state index contributed by atoms with van der Waals surface area (Å²) in [5.74, 6) is -1.08. The van der Waals surface area contributed by atoms with Gasteiger partial charge in [0.1, 0.15) is 0 Å². The molecule has 0 saturated carbocycles. The summed E-state index contributed by atoms with van der Waals surface area (Å²) in [6.07, 6.45) is 0. The van der Waals surface area contributed by atoms with Gasteiger partial charge in [0.25, 0.3) is 0 Å². The van der Waals surface area contributed by atoms with Gasteiger partial charge < -0.3 is 9.90 Å². The van der Waals surface area contributed by atoms with Gasteiger partial charge in [-0.1, -0.05) is 12.1 Å². The van der Waals surface area contributed by atoms with Crippen molar-refractivity contribution in [3.05, 3.63) is 22.9 Å². The van der Waals surface area contributed by atoms with Crippen molar-refractivity contribution in [3.63, 3.8) is 0 Å². The smallest absolute Gasteiger partial charge is 0.550 e. The minimum absolute atomic E-state index is 0. The van der Waals surface area contributed by atoms with Gasteiger partial charge in [-0.25, -0.2) is 0 Å². The van der Waals surface area contributed by atoms with E-state index >= 15 is 0 Å². The molecule has 0 aromatic carbocycles. The first-order chi connectivity index (χ1) is 4.23. The second-order valence-electron chi connectivity index (χ2n) is 1.28. The van der Waals surface area contributed by atoms with Crippen LogP contribution in [0.1, 0.15) is 6.92 Å². The fourth-order valence-electron chi connectivity index (χ4n) is 0.227. The number of carboxylic acids is 1. The number of carbonyl (C=O) groups excluding carboxylic acids is 1. The van der Waals surface area contributed by atoms with Gasteiger partial charge in [0.05, 0.1) is 0 Å². The molecule has 0 N–H and O–H groups in total. The maximum atomic E-state index is 8.89. The Morgan fingerprint density at radius 2 is 1.70 bits per heavy atom. The standard InChI is InChI=1S/C4H4S.C2H4O2.K/c1-2-4-5-3-1;1-2(3)4;/h1-4H;1H3,(H,3,4);/q;;+1/p-1. The van der Waals surface area contributed by atoms with E-state index in [1.54, 1.807) is 11.3 Å². The quantitative estimate of drug-likeness (QED) is 0.416. The van der Waals surface area contributed by atoms with Crippen molar-refractivity contribution in [1.29, 1.82) is 0 Å². The summed E-state index contributed by atoms with van der Waals surface area (Å²) in [4.78, 5) is 8.89. The molecule has 0 amide bonds. The first-order valence-corrected chi connectivity index (χ1v) is 3.32. The van der Waals surface area contributed by atoms with E-state index in [-0.39, 0.29) is 51.4 Å². The van der Waals surface area contributed by atoms with Crippen LogP contribution in [-0.4, -0.2) is 5.97 Å². The van der Waals surface area contributed by atoms with Crippen molar-refractivity contribution < 1.29 is 61.3 Å². The summed E-state index contributed by atoms with van der Waals surface area (Å²) in [7, 11) is 0. The largest absolute Gasteiger partial charge is 1.00 e. The van der Waals surface area contributed by atoms with E-state index in [1.165, 1.54) is 0 Å². The van der Waals surface area contributed by atoms with E-state index in [9.17, 15) is 0 Å². The molecule has 1 heterocycles. The summed E-state index contributed by atoms with van der Waals surface area (Å²) in [5, 5.41) is 13.0. The number of carboxylic acid groups (broad SMARTS) is 1. The molecule has 1 aromatic rings. The van der Waals surface area contributed by atoms with Crippen LogP contribution in [-0.2, 0) is 4.79 Å². The Morgan fingerprint density at radius 1 is 1.40 bits per heavy atom. The minimum atomic E-state index is -1.08. The molecule has 0 aliphatic carbocycles. The molecule has 0 fully saturated rings. The second-order valence-corrected chi connectivity index (χ2v) is 2.10. The van der Waals surface area contributed by atoms with Gasteiger partial charge in [-0.05, 0) is 17.7 Å². The monoisotopic (exact) mass is 182 g/mol. The van der Waals surface area contributed by atoms with Crippen LogP contribution in [0.25, 0.3) is 0 Å². The van der Waals surface area contributed by atoms with Crippen LogP contribution in [0.2, 0.25) is 0 Å². The summed E-state index contributed by atoms with van der Waals surface area (Å²) in [6.45, 7) is 0.972. The maximum Gasteiger partial charge on any atom is 1.00 e. The summed E-state index contributed by atoms with van der Waals surface area (Å²) >= 11 is 1.71. The van der Waals surface area contributed by atoms with Crippen LogP contribution < -0.4 is 56.5 Å². The average molecular weight is 182 g/mol. The van der Waals surface area contributed by atoms with Crippen LogP contribution in [0.4, 0.5) is 0 Å². The van der Waals surface area contributed by atoms with Crippen molar-refractivity contribution in [3.8, 4) is 0 Å². The van der Waals surface area contributed by atoms with E-state index in [2.05, 4.69) is 0 Å². The Morgan fingerprint density at radius 3 is 1.80 bits per heavy atom. The first kappa shape index (κ1) is 13.4. The van der Waals surface area contributed by atoms with Gasteiger partial charge in [-0.15, -0.1) is 0 Å². The topological polar surface area (TPSA) is 40.1 Å². The molecule has 0 atom stereocenters. The number of carbonyl (C=O) groups is 1. The summed E-state index contributed by atoms with van der Waals surface area (Å²) < 4.78 is 0. The number of aliphatic carboxylic acids is 1. The number of rotatable bonds is 0. The van der Waals surface area contributed by atoms with Crippen LogP contribution in [0.3, 0.4) is 0 Å². The molecular formula is C6H7KO2S. The Balaban J connectivity index is 0. The molecule has 10 heavy (non-hydrogen) atoms. The minimum Gasteiger partial charge on any atom is -0.550 e. The molecule has 0 aliphatic rings. The van der Waals surface area contributed by atoms with Gasteiger partial charge in [0, 0.05) is 5.97 Å². The molecule has 1 rings (SSSR count). The summed E-state index contributed by atoms with van der Waals surface area (Å²) in [6, 6.07) is 4.04. The van der Waals surface area contributed by atoms with E-state index in [0.717, 1.165) is 6.92 Å². The van der Waals surface area contributed by atoms with E-state index < -0.39 is 5.97 Å². The molecule has 1 aromatic heterocycles. The Bertz CT molecular complexity index is 130. The number of thiophene rings is 1. The third kappa shape index (κ3) is 15.9. The van der Waals surface area contributed by atoms with Crippen LogP contribution in [0, 0.1) is 0 Å². The van der Waals surface area contributed by atoms with Gasteiger partial charge in [-0.3, -0.25) is 0 Å². The maximum absolute atomic E-state index is 8.89. The molecular weight excluding hydrogens is 175 g/mol. The predicted molar refractivity (Wildman–Crippen MR) is 35.0 cm³/mol. The summed E-state index contributed by atoms with van der Waals surface area (Å²) in [5.41, 5.74) is 0. The van der Waals surface area contributed by atoms with Crippen molar-refractivity contribution in [1.82, 2.24) is 0 Å². The SMILES string of the molecule is CC(=O)[O-].[K+].c1ccsc1. The van der Waals surface area contributed by atoms with Crippen LogP contribution in [0.5, 0.6) is 0 Å². The first-order valence-electron chi connectivity index (χ1n) is 2.38. The fraction of sp³-hybridized carbons (Fsp3) is 0.167. The molecule has 4 heteroatoms. The third-order valence-electron chi connectivity index (χ3n) is 0.425. The van der Waals surface area contributed by atoms with Crippen LogP contribution in [0.15, 0.2) is 22.9 Å². The molecule has 0 bridgehead atoms. The van der Waals surface area contributed by atoms with Crippen molar-refractivity contribution >= 4 is 17.3 Å². The van der Waals surface area contributed by atoms with Crippen molar-refractivity contribution in [2.75, 3.05) is 0 Å². The van der Waals surface area contributed by atoms with Gasteiger partial charge in [0.15, 0.2) is 0 Å². The van der Waals surface area contributed by atoms with Crippen molar-refractivity contribution in [2.24, 2.45) is 0 Å². The van der Waals surface area contributed by atoms with Gasteiger partial charge in [0.2, 0.25) is 0 Å². The average Bonchev–Trinajstić information content (AvgIpc) is 2.11. The van der Waals surface area contributed by atoms with Crippen LogP contribution >= 0.6 is 11.3 Å². The number of hydrogen-bond donors (Lipinski definition) is 0. The fourth-order valence-corrected chi connectivity index (χ4v) is 0.680. The molecule has 0 saturated heterocycles. The molecule has 2 nitrogen and oxygen atoms in total. The van der Waals surface area contributed by atoms with E-state index in [1.807, 2.05) is 22.9 Å². The van der Waals surface area contributed by atoms with Crippen molar-refractivity contribution in [2.45, 2.75) is 6.92 Å².